The van der Waals surface area contributed by atoms with Crippen molar-refractivity contribution in [3.8, 4) is 0 Å². The molecule has 1 aromatic carbocycles. The summed E-state index contributed by atoms with van der Waals surface area (Å²) in [4.78, 5) is 1.77. The Morgan fingerprint density at radius 2 is 1.25 bits per heavy atom. The first kappa shape index (κ1) is 13.5. The summed E-state index contributed by atoms with van der Waals surface area (Å²) in [6.07, 6.45) is 2.46. The summed E-state index contributed by atoms with van der Waals surface area (Å²) < 4.78 is 0. The maximum Gasteiger partial charge on any atom is 0.0682 e. The van der Waals surface area contributed by atoms with E-state index in [1.165, 1.54) is 5.56 Å². The molecule has 0 aliphatic carbocycles. The van der Waals surface area contributed by atoms with Crippen LogP contribution in [0.4, 0.5) is 0 Å². The lowest BCUT2D eigenvalue weighted by Crippen LogP contribution is -2.39. The van der Waals surface area contributed by atoms with Gasteiger partial charge in [0.1, 0.15) is 0 Å². The molecule has 0 saturated heterocycles. The van der Waals surface area contributed by atoms with Gasteiger partial charge in [0, 0.05) is 0 Å². The van der Waals surface area contributed by atoms with Crippen LogP contribution in [0.25, 0.3) is 6.08 Å². The van der Waals surface area contributed by atoms with Crippen molar-refractivity contribution in [1.82, 2.24) is 0 Å². The van der Waals surface area contributed by atoms with E-state index in [1.54, 1.807) is 4.82 Å². The van der Waals surface area contributed by atoms with Crippen LogP contribution in [0.1, 0.15) is 5.56 Å². The van der Waals surface area contributed by atoms with Crippen molar-refractivity contribution < 1.29 is 0 Å². The van der Waals surface area contributed by atoms with Crippen molar-refractivity contribution in [3.63, 3.8) is 0 Å². The van der Waals surface area contributed by atoms with Crippen molar-refractivity contribution >= 4 is 22.2 Å². The van der Waals surface area contributed by atoms with Crippen molar-refractivity contribution in [2.45, 2.75) is 39.3 Å². The number of benzene rings is 1. The van der Waals surface area contributed by atoms with Crippen LogP contribution in [0.5, 0.6) is 0 Å². The molecule has 0 spiro atoms. The Morgan fingerprint density at radius 1 is 0.812 bits per heavy atom. The highest BCUT2D eigenvalue weighted by molar-refractivity contribution is 7.05. The molecule has 0 aliphatic rings. The third kappa shape index (κ3) is 3.76. The molecule has 0 fully saturated rings. The average molecular weight is 249 g/mol. The van der Waals surface area contributed by atoms with Gasteiger partial charge in [-0.1, -0.05) is 80.5 Å². The SMILES string of the molecule is C[Si](C)(C)C(=Cc1ccccc1)[Si](C)(C)C. The highest BCUT2D eigenvalue weighted by Crippen LogP contribution is 2.27. The van der Waals surface area contributed by atoms with Gasteiger partial charge in [-0.3, -0.25) is 0 Å². The van der Waals surface area contributed by atoms with E-state index in [-0.39, 0.29) is 0 Å². The fourth-order valence-electron chi connectivity index (χ4n) is 2.27. The molecule has 1 aromatic rings. The predicted octanol–water partition coefficient (Wildman–Crippen LogP) is 4.82. The molecule has 0 unspecified atom stereocenters. The molecular formula is C14H24Si2. The molecule has 0 N–H and O–H groups in total. The molecule has 1 rings (SSSR count). The van der Waals surface area contributed by atoms with Crippen LogP contribution in [-0.4, -0.2) is 16.1 Å². The summed E-state index contributed by atoms with van der Waals surface area (Å²) in [5.41, 5.74) is 1.36. The predicted molar refractivity (Wildman–Crippen MR) is 81.1 cm³/mol. The standard InChI is InChI=1S/C14H24Si2/c1-15(2,3)14(16(4,5)6)12-13-10-8-7-9-11-13/h7-12H,1-6H3. The zero-order chi connectivity index (χ0) is 12.4. The van der Waals surface area contributed by atoms with E-state index >= 15 is 0 Å². The minimum atomic E-state index is -1.18. The Morgan fingerprint density at radius 3 is 1.62 bits per heavy atom. The van der Waals surface area contributed by atoms with Crippen molar-refractivity contribution in [2.24, 2.45) is 0 Å². The molecule has 0 atom stereocenters. The highest BCUT2D eigenvalue weighted by atomic mass is 28.4. The number of rotatable bonds is 3. The lowest BCUT2D eigenvalue weighted by atomic mass is 10.2. The van der Waals surface area contributed by atoms with E-state index in [9.17, 15) is 0 Å². The molecule has 0 saturated carbocycles. The van der Waals surface area contributed by atoms with E-state index in [1.807, 2.05) is 0 Å². The maximum atomic E-state index is 2.46. The summed E-state index contributed by atoms with van der Waals surface area (Å²) in [5.74, 6) is 0. The lowest BCUT2D eigenvalue weighted by molar-refractivity contribution is 1.61. The van der Waals surface area contributed by atoms with Gasteiger partial charge in [0.15, 0.2) is 0 Å². The average Bonchev–Trinajstić information content (AvgIpc) is 2.12. The molecule has 0 aromatic heterocycles. The van der Waals surface area contributed by atoms with E-state index in [2.05, 4.69) is 75.7 Å². The zero-order valence-corrected chi connectivity index (χ0v) is 13.5. The van der Waals surface area contributed by atoms with E-state index in [4.69, 9.17) is 0 Å². The smallest absolute Gasteiger partial charge is 0.0682 e. The van der Waals surface area contributed by atoms with Gasteiger partial charge in [0.25, 0.3) is 0 Å². The summed E-state index contributed by atoms with van der Waals surface area (Å²) in [7, 11) is -2.36. The van der Waals surface area contributed by atoms with Crippen LogP contribution in [0, 0.1) is 0 Å². The largest absolute Gasteiger partial charge is 0.0906 e. The molecule has 0 nitrogen and oxygen atoms in total. The molecule has 88 valence electrons. The third-order valence-corrected chi connectivity index (χ3v) is 10.7. The van der Waals surface area contributed by atoms with Crippen molar-refractivity contribution in [3.05, 3.63) is 40.7 Å². The van der Waals surface area contributed by atoms with Gasteiger partial charge in [-0.05, 0) is 5.56 Å². The second-order valence-electron chi connectivity index (χ2n) is 6.47. The second-order valence-corrected chi connectivity index (χ2v) is 17.0. The Balaban J connectivity index is 3.19. The third-order valence-electron chi connectivity index (χ3n) is 2.73. The van der Waals surface area contributed by atoms with E-state index in [0.29, 0.717) is 0 Å². The first-order valence-corrected chi connectivity index (χ1v) is 13.0. The first-order chi connectivity index (χ1) is 7.21. The first-order valence-electron chi connectivity index (χ1n) is 5.99. The highest BCUT2D eigenvalue weighted by Gasteiger charge is 2.30. The van der Waals surface area contributed by atoms with Crippen LogP contribution in [-0.2, 0) is 0 Å². The molecule has 0 heterocycles. The molecule has 0 bridgehead atoms. The van der Waals surface area contributed by atoms with Crippen LogP contribution < -0.4 is 0 Å². The fraction of sp³-hybridized carbons (Fsp3) is 0.429. The Bertz CT molecular complexity index is 348. The quantitative estimate of drug-likeness (QED) is 0.673. The van der Waals surface area contributed by atoms with Crippen molar-refractivity contribution in [2.75, 3.05) is 0 Å². The lowest BCUT2D eigenvalue weighted by Gasteiger charge is -2.31. The summed E-state index contributed by atoms with van der Waals surface area (Å²) in [6.45, 7) is 14.8. The molecule has 2 heteroatoms. The molecule has 16 heavy (non-hydrogen) atoms. The Hall–Kier alpha value is -0.606. The summed E-state index contributed by atoms with van der Waals surface area (Å²) in [6, 6.07) is 10.7. The monoisotopic (exact) mass is 248 g/mol. The second kappa shape index (κ2) is 4.72. The molecule has 0 aliphatic heterocycles. The van der Waals surface area contributed by atoms with Crippen LogP contribution in [0.3, 0.4) is 0 Å². The van der Waals surface area contributed by atoms with Gasteiger partial charge >= 0.3 is 0 Å². The minimum Gasteiger partial charge on any atom is -0.0906 e. The number of hydrogen-bond acceptors (Lipinski definition) is 0. The van der Waals surface area contributed by atoms with Crippen molar-refractivity contribution in [1.29, 1.82) is 0 Å². The van der Waals surface area contributed by atoms with Gasteiger partial charge in [-0.2, -0.15) is 0 Å². The number of hydrogen-bond donors (Lipinski definition) is 0. The van der Waals surface area contributed by atoms with Crippen LogP contribution in [0.2, 0.25) is 39.3 Å². The summed E-state index contributed by atoms with van der Waals surface area (Å²) in [5, 5.41) is 0. The molecular weight excluding hydrogens is 224 g/mol. The van der Waals surface area contributed by atoms with E-state index in [0.717, 1.165) is 0 Å². The molecule has 0 radical (unpaired) electrons. The van der Waals surface area contributed by atoms with Gasteiger partial charge in [-0.15, -0.1) is 0 Å². The minimum absolute atomic E-state index is 1.18. The molecule has 0 amide bonds. The van der Waals surface area contributed by atoms with Crippen LogP contribution in [0.15, 0.2) is 35.2 Å². The van der Waals surface area contributed by atoms with Gasteiger partial charge in [0.2, 0.25) is 0 Å². The fourth-order valence-corrected chi connectivity index (χ4v) is 12.5. The van der Waals surface area contributed by atoms with E-state index < -0.39 is 16.1 Å². The maximum absolute atomic E-state index is 2.46. The van der Waals surface area contributed by atoms with Gasteiger partial charge in [0.05, 0.1) is 16.1 Å². The Kier molecular flexibility index (Phi) is 3.97. The van der Waals surface area contributed by atoms with Gasteiger partial charge < -0.3 is 0 Å². The Labute approximate surface area is 102 Å². The zero-order valence-electron chi connectivity index (χ0n) is 11.5. The van der Waals surface area contributed by atoms with Crippen LogP contribution >= 0.6 is 0 Å². The topological polar surface area (TPSA) is 0 Å². The summed E-state index contributed by atoms with van der Waals surface area (Å²) >= 11 is 0. The normalized spacial score (nSPS) is 12.4. The van der Waals surface area contributed by atoms with Gasteiger partial charge in [-0.25, -0.2) is 0 Å².